The molecule has 0 bridgehead atoms. The van der Waals surface area contributed by atoms with Gasteiger partial charge in [0, 0.05) is 87.9 Å². The highest BCUT2D eigenvalue weighted by atomic mass is 31.2. The molecule has 0 atom stereocenters. The lowest BCUT2D eigenvalue weighted by Gasteiger charge is -2.12. The molecule has 0 aliphatic carbocycles. The molecule has 6 amide bonds. The third-order valence-corrected chi connectivity index (χ3v) is 14.0. The van der Waals surface area contributed by atoms with Crippen LogP contribution < -0.4 is 52.0 Å². The monoisotopic (exact) mass is 1290 g/mol. The lowest BCUT2D eigenvalue weighted by Crippen LogP contribution is -2.28. The fraction of sp³-hybridized carbons (Fsp3) is 0.492. The molecule has 0 radical (unpaired) electrons. The van der Waals surface area contributed by atoms with Crippen molar-refractivity contribution in [3.8, 4) is 11.5 Å². The normalized spacial score (nSPS) is 11.4. The van der Waals surface area contributed by atoms with Gasteiger partial charge >= 0.3 is 15.2 Å². The molecule has 492 valence electrons. The molecule has 4 rings (SSSR count). The van der Waals surface area contributed by atoms with Crippen molar-refractivity contribution in [3.05, 3.63) is 108 Å². The first kappa shape index (κ1) is 74.7. The molecule has 4 aromatic rings. The van der Waals surface area contributed by atoms with Gasteiger partial charge in [0.25, 0.3) is 23.6 Å². The standard InChI is InChI=1S/C59H84N6O22P2/c66-54(20-30-78-26-6-1-7-27-79-32-24-62-58(70)46-12-8-14-48(42-46)64-56(68)44-86-50-16-2-4-18-52(50)88(72,73)74)60-22-10-28-80-34-38-84-39-35-81-29-11-23-61-55(67)21-31-82-36-40-85-41-37-83-33-25-63-59(71)47-13-9-15-49(43-47)65-57(69)45-87-51-17-3-5-19-53(51)89(75,76)77/h2-5,8-9,12-19,42-43H,1,6-7,10-11,20-41,44-45H2,(H,60,66)(H,61,67)(H,62,70)(H,63,71)(H,64,68)(H,65,69)(H2,72,73,74)(H2,75,76,77). The Morgan fingerprint density at radius 2 is 0.697 bits per heavy atom. The molecule has 0 aliphatic heterocycles. The SMILES string of the molecule is O=C(CCOCCCCCOCCNC(=O)c1cccc(NC(=O)COc2ccccc2P(=O)(O)O)c1)NCCCOCCOCCOCCCNC(=O)CCOCCOCCOCCNC(=O)c1cccc(NC(=O)COc2ccccc2P(=O)(O)O)c1. The van der Waals surface area contributed by atoms with Crippen molar-refractivity contribution in [1.82, 2.24) is 21.3 Å². The van der Waals surface area contributed by atoms with Gasteiger partial charge in [-0.2, -0.15) is 0 Å². The Hall–Kier alpha value is -6.72. The molecular formula is C59H84N6O22P2. The lowest BCUT2D eigenvalue weighted by atomic mass is 10.2. The fourth-order valence-corrected chi connectivity index (χ4v) is 9.07. The lowest BCUT2D eigenvalue weighted by molar-refractivity contribution is -0.123. The van der Waals surface area contributed by atoms with Crippen molar-refractivity contribution in [3.63, 3.8) is 0 Å². The van der Waals surface area contributed by atoms with E-state index in [-0.39, 0.29) is 84.9 Å². The van der Waals surface area contributed by atoms with Crippen LogP contribution in [-0.4, -0.2) is 200 Å². The van der Waals surface area contributed by atoms with Gasteiger partial charge < -0.3 is 98.8 Å². The summed E-state index contributed by atoms with van der Waals surface area (Å²) in [7, 11) is -9.19. The summed E-state index contributed by atoms with van der Waals surface area (Å²) in [5, 5.41) is 15.7. The zero-order valence-electron chi connectivity index (χ0n) is 49.8. The van der Waals surface area contributed by atoms with Crippen molar-refractivity contribution in [2.24, 2.45) is 0 Å². The third-order valence-electron chi connectivity index (χ3n) is 12.0. The number of nitrogens with one attached hydrogen (secondary N) is 6. The van der Waals surface area contributed by atoms with E-state index in [9.17, 15) is 57.5 Å². The molecule has 0 saturated heterocycles. The molecule has 30 heteroatoms. The first-order valence-corrected chi connectivity index (χ1v) is 32.3. The first-order chi connectivity index (χ1) is 43.0. The predicted molar refractivity (Wildman–Crippen MR) is 327 cm³/mol. The highest BCUT2D eigenvalue weighted by molar-refractivity contribution is 7.60. The van der Waals surface area contributed by atoms with Gasteiger partial charge in [0.1, 0.15) is 22.1 Å². The predicted octanol–water partition coefficient (Wildman–Crippen LogP) is 2.58. The number of para-hydroxylation sites is 2. The van der Waals surface area contributed by atoms with Crippen molar-refractivity contribution >= 4 is 72.6 Å². The molecule has 0 fully saturated rings. The van der Waals surface area contributed by atoms with Gasteiger partial charge in [0.15, 0.2) is 13.2 Å². The second-order valence-electron chi connectivity index (χ2n) is 19.2. The second-order valence-corrected chi connectivity index (χ2v) is 22.4. The molecule has 0 aliphatic rings. The first-order valence-electron chi connectivity index (χ1n) is 29.1. The Kier molecular flexibility index (Phi) is 37.5. The highest BCUT2D eigenvalue weighted by Gasteiger charge is 2.24. The zero-order valence-corrected chi connectivity index (χ0v) is 51.6. The maximum absolute atomic E-state index is 12.6. The average Bonchev–Trinajstić information content (AvgIpc) is 2.70. The van der Waals surface area contributed by atoms with Gasteiger partial charge in [-0.15, -0.1) is 0 Å². The molecule has 4 aromatic carbocycles. The van der Waals surface area contributed by atoms with Crippen LogP contribution in [0.2, 0.25) is 0 Å². The number of anilines is 2. The van der Waals surface area contributed by atoms with Crippen LogP contribution in [0.4, 0.5) is 11.4 Å². The zero-order chi connectivity index (χ0) is 64.2. The quantitative estimate of drug-likeness (QED) is 0.0224. The molecular weight excluding hydrogens is 1210 g/mol. The van der Waals surface area contributed by atoms with Gasteiger partial charge in [0.2, 0.25) is 11.8 Å². The van der Waals surface area contributed by atoms with Crippen LogP contribution in [0.5, 0.6) is 11.5 Å². The maximum atomic E-state index is 12.6. The summed E-state index contributed by atoms with van der Waals surface area (Å²) in [5.41, 5.74) is 1.29. The fourth-order valence-electron chi connectivity index (χ4n) is 7.66. The van der Waals surface area contributed by atoms with Crippen molar-refractivity contribution in [1.29, 1.82) is 0 Å². The van der Waals surface area contributed by atoms with E-state index in [0.717, 1.165) is 19.3 Å². The molecule has 10 N–H and O–H groups in total. The maximum Gasteiger partial charge on any atom is 0.359 e. The van der Waals surface area contributed by atoms with Gasteiger partial charge in [-0.1, -0.05) is 36.4 Å². The van der Waals surface area contributed by atoms with Crippen LogP contribution in [-0.2, 0) is 66.2 Å². The summed E-state index contributed by atoms with van der Waals surface area (Å²) >= 11 is 0. The number of hydrogen-bond donors (Lipinski definition) is 10. The number of ether oxygens (including phenoxy) is 10. The molecule has 0 aromatic heterocycles. The number of amides is 6. The van der Waals surface area contributed by atoms with Crippen molar-refractivity contribution in [2.45, 2.75) is 44.9 Å². The number of unbranched alkanes of at least 4 members (excludes halogenated alkanes) is 2. The second kappa shape index (κ2) is 44.7. The summed E-state index contributed by atoms with van der Waals surface area (Å²) in [6, 6.07) is 23.6. The van der Waals surface area contributed by atoms with Crippen molar-refractivity contribution < 1.29 is 105 Å². The van der Waals surface area contributed by atoms with E-state index in [1.54, 1.807) is 36.4 Å². The minimum Gasteiger partial charge on any atom is -0.483 e. The van der Waals surface area contributed by atoms with E-state index in [0.29, 0.717) is 141 Å². The van der Waals surface area contributed by atoms with E-state index in [1.807, 2.05) is 0 Å². The van der Waals surface area contributed by atoms with Crippen LogP contribution in [0.15, 0.2) is 97.1 Å². The summed E-state index contributed by atoms with van der Waals surface area (Å²) < 4.78 is 78.3. The van der Waals surface area contributed by atoms with E-state index in [4.69, 9.17) is 47.4 Å². The molecule has 0 unspecified atom stereocenters. The number of carbonyl (C=O) groups excluding carboxylic acids is 6. The molecule has 89 heavy (non-hydrogen) atoms. The van der Waals surface area contributed by atoms with E-state index < -0.39 is 40.2 Å². The van der Waals surface area contributed by atoms with Crippen LogP contribution in [0.3, 0.4) is 0 Å². The van der Waals surface area contributed by atoms with Gasteiger partial charge in [-0.3, -0.25) is 37.9 Å². The minimum atomic E-state index is -4.60. The Labute approximate surface area is 517 Å². The van der Waals surface area contributed by atoms with Gasteiger partial charge in [-0.05, 0) is 92.8 Å². The van der Waals surface area contributed by atoms with E-state index >= 15 is 0 Å². The molecule has 28 nitrogen and oxygen atoms in total. The van der Waals surface area contributed by atoms with Gasteiger partial charge in [0.05, 0.1) is 79.3 Å². The van der Waals surface area contributed by atoms with E-state index in [2.05, 4.69) is 31.9 Å². The van der Waals surface area contributed by atoms with E-state index in [1.165, 1.54) is 60.7 Å². The smallest absolute Gasteiger partial charge is 0.359 e. The van der Waals surface area contributed by atoms with Crippen LogP contribution in [0.25, 0.3) is 0 Å². The number of carbonyl (C=O) groups is 6. The summed E-state index contributed by atoms with van der Waals surface area (Å²) in [6.45, 7) is 6.46. The highest BCUT2D eigenvalue weighted by Crippen LogP contribution is 2.38. The number of hydrogen-bond acceptors (Lipinski definition) is 18. The number of rotatable bonds is 50. The topological polar surface area (TPSA) is 382 Å². The Morgan fingerprint density at radius 1 is 0.348 bits per heavy atom. The number of benzene rings is 4. The molecule has 0 heterocycles. The van der Waals surface area contributed by atoms with Gasteiger partial charge in [-0.25, -0.2) is 0 Å². The summed E-state index contributed by atoms with van der Waals surface area (Å²) in [4.78, 5) is 112. The largest absolute Gasteiger partial charge is 0.483 e. The Morgan fingerprint density at radius 3 is 1.11 bits per heavy atom. The minimum absolute atomic E-state index is 0.0914. The molecule has 0 spiro atoms. The Balaban J connectivity index is 0.815. The summed E-state index contributed by atoms with van der Waals surface area (Å²) in [6.07, 6.45) is 4.28. The third kappa shape index (κ3) is 34.7. The Bertz CT molecular complexity index is 2650. The summed E-state index contributed by atoms with van der Waals surface area (Å²) in [5.74, 6) is -2.34. The van der Waals surface area contributed by atoms with Crippen LogP contribution in [0.1, 0.15) is 65.7 Å². The average molecular weight is 1290 g/mol. The van der Waals surface area contributed by atoms with Crippen LogP contribution in [0, 0.1) is 0 Å². The van der Waals surface area contributed by atoms with Crippen molar-refractivity contribution in [2.75, 3.05) is 156 Å². The molecule has 0 saturated carbocycles. The van der Waals surface area contributed by atoms with Crippen LogP contribution >= 0.6 is 15.2 Å².